The largest absolute Gasteiger partial charge is 0.433 e. The van der Waals surface area contributed by atoms with Crippen LogP contribution in [0.5, 0.6) is 0 Å². The lowest BCUT2D eigenvalue weighted by Gasteiger charge is -2.07. The number of halogens is 3. The van der Waals surface area contributed by atoms with Gasteiger partial charge in [-0.25, -0.2) is 15.0 Å². The lowest BCUT2D eigenvalue weighted by molar-refractivity contribution is -0.141. The monoisotopic (exact) mass is 231 g/mol. The first-order valence-corrected chi connectivity index (χ1v) is 4.04. The predicted molar refractivity (Wildman–Crippen MR) is 53.5 cm³/mol. The van der Waals surface area contributed by atoms with Gasteiger partial charge in [0.25, 0.3) is 0 Å². The molecule has 0 aliphatic carbocycles. The number of hydrogen-bond acceptors (Lipinski definition) is 4. The zero-order valence-electron chi connectivity index (χ0n) is 8.28. The van der Waals surface area contributed by atoms with E-state index in [1.54, 1.807) is 0 Å². The van der Waals surface area contributed by atoms with E-state index in [1.807, 2.05) is 0 Å². The third kappa shape index (κ3) is 2.53. The van der Waals surface area contributed by atoms with Crippen LogP contribution < -0.4 is 5.73 Å². The van der Waals surface area contributed by atoms with Crippen molar-refractivity contribution in [3.63, 3.8) is 0 Å². The van der Waals surface area contributed by atoms with Crippen molar-refractivity contribution >= 4 is 18.4 Å². The Morgan fingerprint density at radius 3 is 2.50 bits per heavy atom. The molecular weight excluding hydrogens is 223 g/mol. The highest BCUT2D eigenvalue weighted by atomic mass is 19.4. The van der Waals surface area contributed by atoms with Gasteiger partial charge in [-0.1, -0.05) is 0 Å². The molecule has 8 heteroatoms. The summed E-state index contributed by atoms with van der Waals surface area (Å²) in [4.78, 5) is 13.8. The van der Waals surface area contributed by atoms with Gasteiger partial charge >= 0.3 is 6.18 Å². The summed E-state index contributed by atoms with van der Waals surface area (Å²) in [5, 5.41) is 0. The number of nitrogens with two attached hydrogens (primary N) is 1. The van der Waals surface area contributed by atoms with Crippen LogP contribution in [0.15, 0.2) is 16.1 Å². The molecule has 1 rings (SSSR count). The van der Waals surface area contributed by atoms with Crippen molar-refractivity contribution in [1.29, 1.82) is 0 Å². The number of aliphatic imine (C=N–C) groups is 2. The van der Waals surface area contributed by atoms with E-state index < -0.39 is 11.9 Å². The van der Waals surface area contributed by atoms with E-state index in [0.717, 1.165) is 0 Å². The quantitative estimate of drug-likeness (QED) is 0.581. The average molecular weight is 231 g/mol. The van der Waals surface area contributed by atoms with Crippen LogP contribution in [0.1, 0.15) is 11.5 Å². The Balaban J connectivity index is 3.34. The third-order valence-corrected chi connectivity index (χ3v) is 1.60. The number of hydrogen-bond donors (Lipinski definition) is 1. The second-order valence-corrected chi connectivity index (χ2v) is 2.70. The summed E-state index contributed by atoms with van der Waals surface area (Å²) >= 11 is 0. The summed E-state index contributed by atoms with van der Waals surface area (Å²) in [6.07, 6.45) is -4.59. The molecule has 5 nitrogen and oxygen atoms in total. The van der Waals surface area contributed by atoms with Crippen LogP contribution in [-0.4, -0.2) is 29.6 Å². The minimum absolute atomic E-state index is 0.0993. The van der Waals surface area contributed by atoms with Crippen molar-refractivity contribution in [2.75, 3.05) is 12.8 Å². The molecule has 1 heterocycles. The molecule has 0 atom stereocenters. The number of aromatic nitrogens is 2. The van der Waals surface area contributed by atoms with E-state index >= 15 is 0 Å². The molecule has 0 amide bonds. The Kier molecular flexibility index (Phi) is 3.21. The first-order chi connectivity index (χ1) is 7.38. The summed E-state index contributed by atoms with van der Waals surface area (Å²) in [6, 6.07) is 0.639. The van der Waals surface area contributed by atoms with Crippen molar-refractivity contribution < 1.29 is 13.2 Å². The van der Waals surface area contributed by atoms with Gasteiger partial charge in [-0.05, 0) is 6.72 Å². The smallest absolute Gasteiger partial charge is 0.384 e. The average Bonchev–Trinajstić information content (AvgIpc) is 2.17. The first kappa shape index (κ1) is 12.1. The van der Waals surface area contributed by atoms with E-state index in [2.05, 4.69) is 26.7 Å². The van der Waals surface area contributed by atoms with E-state index in [9.17, 15) is 13.2 Å². The number of alkyl halides is 3. The van der Waals surface area contributed by atoms with Crippen LogP contribution in [0.4, 0.5) is 19.0 Å². The fourth-order valence-corrected chi connectivity index (χ4v) is 0.953. The number of nitrogen functional groups attached to an aromatic ring is 1. The van der Waals surface area contributed by atoms with Crippen LogP contribution in [0.2, 0.25) is 0 Å². The van der Waals surface area contributed by atoms with Gasteiger partial charge in [-0.15, -0.1) is 0 Å². The molecule has 0 radical (unpaired) electrons. The van der Waals surface area contributed by atoms with Crippen LogP contribution in [0.3, 0.4) is 0 Å². The van der Waals surface area contributed by atoms with Gasteiger partial charge in [-0.3, -0.25) is 4.99 Å². The number of anilines is 1. The molecule has 1 aromatic rings. The van der Waals surface area contributed by atoms with Crippen molar-refractivity contribution in [3.8, 4) is 0 Å². The maximum absolute atomic E-state index is 12.4. The maximum atomic E-state index is 12.4. The van der Waals surface area contributed by atoms with Gasteiger partial charge in [0.05, 0.1) is 0 Å². The summed E-state index contributed by atoms with van der Waals surface area (Å²) in [5.74, 6) is -0.704. The lowest BCUT2D eigenvalue weighted by atomic mass is 10.3. The maximum Gasteiger partial charge on any atom is 0.433 e. The van der Waals surface area contributed by atoms with E-state index in [-0.39, 0.29) is 17.5 Å². The SMILES string of the molecule is C=NC(=NC)c1nc(N)cc(C(F)(F)F)n1. The number of amidine groups is 1. The first-order valence-electron chi connectivity index (χ1n) is 4.04. The minimum atomic E-state index is -4.59. The molecule has 0 spiro atoms. The molecule has 0 unspecified atom stereocenters. The van der Waals surface area contributed by atoms with E-state index in [1.165, 1.54) is 7.05 Å². The molecule has 0 saturated heterocycles. The summed E-state index contributed by atoms with van der Waals surface area (Å²) < 4.78 is 37.2. The molecule has 0 fully saturated rings. The van der Waals surface area contributed by atoms with Crippen molar-refractivity contribution in [3.05, 3.63) is 17.6 Å². The topological polar surface area (TPSA) is 76.5 Å². The second-order valence-electron chi connectivity index (χ2n) is 2.70. The Morgan fingerprint density at radius 1 is 1.44 bits per heavy atom. The molecule has 0 aliphatic heterocycles. The van der Waals surface area contributed by atoms with Crippen molar-refractivity contribution in [1.82, 2.24) is 9.97 Å². The highest BCUT2D eigenvalue weighted by molar-refractivity contribution is 5.98. The van der Waals surface area contributed by atoms with Crippen LogP contribution >= 0.6 is 0 Å². The van der Waals surface area contributed by atoms with Crippen LogP contribution in [0, 0.1) is 0 Å². The fourth-order valence-electron chi connectivity index (χ4n) is 0.953. The zero-order valence-corrected chi connectivity index (χ0v) is 8.28. The third-order valence-electron chi connectivity index (χ3n) is 1.60. The summed E-state index contributed by atoms with van der Waals surface area (Å²) in [5.41, 5.74) is 4.10. The Labute approximate surface area is 89.0 Å². The van der Waals surface area contributed by atoms with Gasteiger partial charge in [0.1, 0.15) is 5.82 Å². The molecule has 0 aromatic carbocycles. The van der Waals surface area contributed by atoms with Crippen LogP contribution in [-0.2, 0) is 6.18 Å². The summed E-state index contributed by atoms with van der Waals surface area (Å²) in [6.45, 7) is 3.15. The lowest BCUT2D eigenvalue weighted by Crippen LogP contribution is -2.15. The molecule has 1 aromatic heterocycles. The number of nitrogens with zero attached hydrogens (tertiary/aromatic N) is 4. The van der Waals surface area contributed by atoms with Gasteiger partial charge in [0, 0.05) is 13.1 Å². The molecule has 0 bridgehead atoms. The molecule has 0 saturated carbocycles. The Hall–Kier alpha value is -1.99. The van der Waals surface area contributed by atoms with E-state index in [0.29, 0.717) is 6.07 Å². The Bertz CT molecular complexity index is 438. The highest BCUT2D eigenvalue weighted by Gasteiger charge is 2.33. The van der Waals surface area contributed by atoms with Crippen molar-refractivity contribution in [2.45, 2.75) is 6.18 Å². The minimum Gasteiger partial charge on any atom is -0.384 e. The van der Waals surface area contributed by atoms with Gasteiger partial charge in [-0.2, -0.15) is 13.2 Å². The normalized spacial score (nSPS) is 12.6. The standard InChI is InChI=1S/C8H8F3N5/c1-13-6(14-2)7-15-4(8(9,10)11)3-5(12)16-7/h3H,1H2,2H3,(H2,12,15,16). The van der Waals surface area contributed by atoms with Crippen molar-refractivity contribution in [2.24, 2.45) is 9.98 Å². The van der Waals surface area contributed by atoms with Gasteiger partial charge in [0.2, 0.25) is 0 Å². The zero-order chi connectivity index (χ0) is 12.3. The Morgan fingerprint density at radius 2 is 2.06 bits per heavy atom. The molecular formula is C8H8F3N5. The molecule has 86 valence electrons. The summed E-state index contributed by atoms with van der Waals surface area (Å²) in [7, 11) is 1.34. The molecule has 16 heavy (non-hydrogen) atoms. The fraction of sp³-hybridized carbons (Fsp3) is 0.250. The van der Waals surface area contributed by atoms with Gasteiger partial charge < -0.3 is 5.73 Å². The second kappa shape index (κ2) is 4.25. The molecule has 2 N–H and O–H groups in total. The van der Waals surface area contributed by atoms with Gasteiger partial charge in [0.15, 0.2) is 17.4 Å². The van der Waals surface area contributed by atoms with E-state index in [4.69, 9.17) is 5.73 Å². The molecule has 0 aliphatic rings. The highest BCUT2D eigenvalue weighted by Crippen LogP contribution is 2.28. The number of rotatable bonds is 1. The predicted octanol–water partition coefficient (Wildman–Crippen LogP) is 1.15. The van der Waals surface area contributed by atoms with Crippen LogP contribution in [0.25, 0.3) is 0 Å².